The van der Waals surface area contributed by atoms with Crippen LogP contribution in [0.2, 0.25) is 0 Å². The van der Waals surface area contributed by atoms with E-state index in [1.165, 1.54) is 25.5 Å². The van der Waals surface area contributed by atoms with Gasteiger partial charge in [0.1, 0.15) is 0 Å². The predicted octanol–water partition coefficient (Wildman–Crippen LogP) is 1.95. The van der Waals surface area contributed by atoms with Crippen molar-refractivity contribution < 1.29 is 13.2 Å². The number of hydrogen-bond donors (Lipinski definition) is 1. The molecule has 4 heterocycles. The molecule has 0 radical (unpaired) electrons. The van der Waals surface area contributed by atoms with E-state index < -0.39 is 10.0 Å². The maximum atomic E-state index is 13.3. The second kappa shape index (κ2) is 6.96. The van der Waals surface area contributed by atoms with Gasteiger partial charge in [-0.3, -0.25) is 9.89 Å². The van der Waals surface area contributed by atoms with Crippen LogP contribution in [0.15, 0.2) is 6.20 Å². The highest BCUT2D eigenvalue weighted by molar-refractivity contribution is 7.88. The number of hydrogen-bond acceptors (Lipinski definition) is 4. The number of nitrogens with zero attached hydrogens (tertiary/aromatic N) is 3. The zero-order valence-corrected chi connectivity index (χ0v) is 16.2. The van der Waals surface area contributed by atoms with Gasteiger partial charge in [-0.15, -0.1) is 0 Å². The summed E-state index contributed by atoms with van der Waals surface area (Å²) in [4.78, 5) is 15.2. The van der Waals surface area contributed by atoms with Gasteiger partial charge < -0.3 is 4.90 Å². The molecule has 3 aliphatic heterocycles. The number of sulfonamides is 1. The molecule has 2 bridgehead atoms. The largest absolute Gasteiger partial charge is 0.334 e. The van der Waals surface area contributed by atoms with Crippen molar-refractivity contribution in [3.63, 3.8) is 0 Å². The van der Waals surface area contributed by atoms with E-state index >= 15 is 0 Å². The molecule has 1 aromatic rings. The van der Waals surface area contributed by atoms with Crippen LogP contribution in [0.5, 0.6) is 0 Å². The van der Waals surface area contributed by atoms with Crippen molar-refractivity contribution >= 4 is 15.9 Å². The number of nitrogens with one attached hydrogen (secondary N) is 1. The standard InChI is InChI=1S/C18H28N4O3S/c1-26(24,25)21-10-13-7-8-15(12-21)22(11-13)18(23)16-9-19-20-17(16)14-5-3-2-4-6-14/h9,13-15H,2-8,10-12H2,1H3,(H,19,20)/t13-,15+/m0/s1. The quantitative estimate of drug-likeness (QED) is 0.868. The topological polar surface area (TPSA) is 86.4 Å². The number of H-pyrrole nitrogens is 1. The molecule has 1 aromatic heterocycles. The highest BCUT2D eigenvalue weighted by Crippen LogP contribution is 2.35. The van der Waals surface area contributed by atoms with Crippen molar-refractivity contribution in [1.29, 1.82) is 0 Å². The fraction of sp³-hybridized carbons (Fsp3) is 0.778. The molecule has 5 rings (SSSR count). The Morgan fingerprint density at radius 1 is 1.12 bits per heavy atom. The van der Waals surface area contributed by atoms with Gasteiger partial charge in [0.05, 0.1) is 23.7 Å². The lowest BCUT2D eigenvalue weighted by Gasteiger charge is -2.36. The first-order valence-electron chi connectivity index (χ1n) is 9.73. The van der Waals surface area contributed by atoms with Gasteiger partial charge in [0.2, 0.25) is 10.0 Å². The third kappa shape index (κ3) is 3.41. The smallest absolute Gasteiger partial charge is 0.257 e. The summed E-state index contributed by atoms with van der Waals surface area (Å²) in [6, 6.07) is -0.0370. The van der Waals surface area contributed by atoms with E-state index in [9.17, 15) is 13.2 Å². The summed E-state index contributed by atoms with van der Waals surface area (Å²) in [5.41, 5.74) is 1.67. The number of aromatic amines is 1. The highest BCUT2D eigenvalue weighted by atomic mass is 32.2. The van der Waals surface area contributed by atoms with Crippen molar-refractivity contribution in [2.45, 2.75) is 56.9 Å². The van der Waals surface area contributed by atoms with Gasteiger partial charge in [-0.2, -0.15) is 9.40 Å². The summed E-state index contributed by atoms with van der Waals surface area (Å²) in [5.74, 6) is 0.628. The zero-order chi connectivity index (χ0) is 18.3. The number of carbonyl (C=O) groups excluding carboxylic acids is 1. The first-order chi connectivity index (χ1) is 12.4. The van der Waals surface area contributed by atoms with E-state index in [1.807, 2.05) is 4.90 Å². The summed E-state index contributed by atoms with van der Waals surface area (Å²) < 4.78 is 25.6. The fourth-order valence-electron chi connectivity index (χ4n) is 4.88. The summed E-state index contributed by atoms with van der Waals surface area (Å²) in [6.07, 6.45) is 10.7. The maximum absolute atomic E-state index is 13.3. The lowest BCUT2D eigenvalue weighted by Crippen LogP contribution is -2.47. The van der Waals surface area contributed by atoms with Gasteiger partial charge in [-0.05, 0) is 31.6 Å². The van der Waals surface area contributed by atoms with Gasteiger partial charge >= 0.3 is 0 Å². The number of piperidine rings is 1. The predicted molar refractivity (Wildman–Crippen MR) is 98.4 cm³/mol. The first-order valence-corrected chi connectivity index (χ1v) is 11.6. The fourth-order valence-corrected chi connectivity index (χ4v) is 5.81. The molecule has 26 heavy (non-hydrogen) atoms. The van der Waals surface area contributed by atoms with E-state index in [4.69, 9.17) is 0 Å². The number of aromatic nitrogens is 2. The molecule has 1 N–H and O–H groups in total. The van der Waals surface area contributed by atoms with Crippen LogP contribution in [0, 0.1) is 5.92 Å². The molecule has 4 aliphatic rings. The third-order valence-corrected chi connectivity index (χ3v) is 7.56. The molecular formula is C18H28N4O3S. The second-order valence-electron chi connectivity index (χ2n) is 8.17. The Morgan fingerprint density at radius 2 is 1.88 bits per heavy atom. The van der Waals surface area contributed by atoms with E-state index in [-0.39, 0.29) is 17.9 Å². The number of amides is 1. The van der Waals surface area contributed by atoms with Gasteiger partial charge in [0.25, 0.3) is 5.91 Å². The number of rotatable bonds is 3. The monoisotopic (exact) mass is 380 g/mol. The van der Waals surface area contributed by atoms with Crippen molar-refractivity contribution in [3.8, 4) is 0 Å². The van der Waals surface area contributed by atoms with Crippen LogP contribution in [0.1, 0.15) is 66.9 Å². The SMILES string of the molecule is CS(=O)(=O)N1C[C@@H]2CC[C@H](C1)N(C(=O)c1cn[nH]c1C1CCCCC1)C2. The second-order valence-corrected chi connectivity index (χ2v) is 10.1. The van der Waals surface area contributed by atoms with E-state index in [1.54, 1.807) is 10.5 Å². The van der Waals surface area contributed by atoms with Crippen LogP contribution in [0.3, 0.4) is 0 Å². The molecule has 1 saturated carbocycles. The third-order valence-electron chi connectivity index (χ3n) is 6.32. The lowest BCUT2D eigenvalue weighted by molar-refractivity contribution is 0.0587. The van der Waals surface area contributed by atoms with Crippen molar-refractivity contribution in [2.24, 2.45) is 5.92 Å². The average Bonchev–Trinajstić information content (AvgIpc) is 2.92. The van der Waals surface area contributed by atoms with Crippen molar-refractivity contribution in [2.75, 3.05) is 25.9 Å². The molecule has 8 heteroatoms. The molecule has 2 atom stereocenters. The van der Waals surface area contributed by atoms with Gasteiger partial charge in [0.15, 0.2) is 0 Å². The molecule has 7 nitrogen and oxygen atoms in total. The van der Waals surface area contributed by atoms with E-state index in [2.05, 4.69) is 10.2 Å². The first kappa shape index (κ1) is 18.0. The molecule has 0 unspecified atom stereocenters. The lowest BCUT2D eigenvalue weighted by atomic mass is 9.85. The molecule has 1 aliphatic carbocycles. The Bertz CT molecular complexity index is 769. The molecule has 0 spiro atoms. The minimum absolute atomic E-state index is 0.0179. The van der Waals surface area contributed by atoms with E-state index in [0.717, 1.165) is 31.4 Å². The molecular weight excluding hydrogens is 352 g/mol. The summed E-state index contributed by atoms with van der Waals surface area (Å²) in [7, 11) is -3.23. The number of carbonyl (C=O) groups is 1. The normalized spacial score (nSPS) is 28.3. The minimum atomic E-state index is -3.23. The maximum Gasteiger partial charge on any atom is 0.257 e. The van der Waals surface area contributed by atoms with Crippen LogP contribution in [-0.2, 0) is 10.0 Å². The zero-order valence-electron chi connectivity index (χ0n) is 15.4. The van der Waals surface area contributed by atoms with Crippen LogP contribution < -0.4 is 0 Å². The summed E-state index contributed by atoms with van der Waals surface area (Å²) in [5, 5.41) is 7.26. The molecule has 0 aromatic carbocycles. The van der Waals surface area contributed by atoms with Gasteiger partial charge in [-0.1, -0.05) is 19.3 Å². The molecule has 4 fully saturated rings. The van der Waals surface area contributed by atoms with Gasteiger partial charge in [-0.25, -0.2) is 8.42 Å². The Morgan fingerprint density at radius 3 is 2.62 bits per heavy atom. The molecule has 3 saturated heterocycles. The summed E-state index contributed by atoms with van der Waals surface area (Å²) in [6.45, 7) is 1.59. The highest BCUT2D eigenvalue weighted by Gasteiger charge is 2.40. The average molecular weight is 381 g/mol. The Hall–Kier alpha value is -1.41. The molecule has 144 valence electrons. The minimum Gasteiger partial charge on any atom is -0.334 e. The van der Waals surface area contributed by atoms with E-state index in [0.29, 0.717) is 31.1 Å². The van der Waals surface area contributed by atoms with Crippen LogP contribution in [0.25, 0.3) is 0 Å². The molecule has 1 amide bonds. The van der Waals surface area contributed by atoms with Crippen molar-refractivity contribution in [1.82, 2.24) is 19.4 Å². The summed E-state index contributed by atoms with van der Waals surface area (Å²) >= 11 is 0. The van der Waals surface area contributed by atoms with Gasteiger partial charge in [0, 0.05) is 31.6 Å². The number of fused-ring (bicyclic) bond motifs is 4. The van der Waals surface area contributed by atoms with Crippen LogP contribution in [-0.4, -0.2) is 65.7 Å². The Labute approximate surface area is 155 Å². The van der Waals surface area contributed by atoms with Crippen LogP contribution >= 0.6 is 0 Å². The Balaban J connectivity index is 1.57. The van der Waals surface area contributed by atoms with Crippen LogP contribution in [0.4, 0.5) is 0 Å². The van der Waals surface area contributed by atoms with Crippen molar-refractivity contribution in [3.05, 3.63) is 17.5 Å². The Kier molecular flexibility index (Phi) is 4.81.